The largest absolute Gasteiger partial charge is 0.369 e. The van der Waals surface area contributed by atoms with Crippen LogP contribution in [0.25, 0.3) is 32.3 Å². The molecular weight excluding hydrogens is 514 g/mol. The molecule has 0 spiro atoms. The Morgan fingerprint density at radius 1 is 0.833 bits per heavy atom. The Bertz CT molecular complexity index is 1780. The van der Waals surface area contributed by atoms with Crippen LogP contribution in [-0.2, 0) is 17.6 Å². The Labute approximate surface area is 249 Å². The number of hydrogen-bond acceptors (Lipinski definition) is 3. The highest BCUT2D eigenvalue weighted by Crippen LogP contribution is 2.42. The molecule has 2 aliphatic rings. The number of carbonyl (C=O) groups excluding carboxylic acids is 1. The summed E-state index contributed by atoms with van der Waals surface area (Å²) < 4.78 is 0. The molecule has 1 N–H and O–H groups in total. The lowest BCUT2D eigenvalue weighted by Crippen LogP contribution is -2.46. The van der Waals surface area contributed by atoms with E-state index in [1.807, 2.05) is 0 Å². The van der Waals surface area contributed by atoms with Crippen molar-refractivity contribution in [3.63, 3.8) is 0 Å². The number of carbonyl (C=O) groups is 1. The van der Waals surface area contributed by atoms with Crippen molar-refractivity contribution < 1.29 is 4.79 Å². The maximum absolute atomic E-state index is 12.2. The second-order valence-corrected chi connectivity index (χ2v) is 12.3. The lowest BCUT2D eigenvalue weighted by Gasteiger charge is -2.36. The summed E-state index contributed by atoms with van der Waals surface area (Å²) in [7, 11) is 0. The van der Waals surface area contributed by atoms with Crippen LogP contribution >= 0.6 is 0 Å². The van der Waals surface area contributed by atoms with Crippen molar-refractivity contribution in [1.82, 2.24) is 4.90 Å². The average molecular weight is 556 g/mol. The molecule has 1 aliphatic heterocycles. The Morgan fingerprint density at radius 2 is 1.62 bits per heavy atom. The van der Waals surface area contributed by atoms with Crippen molar-refractivity contribution in [2.75, 3.05) is 42.9 Å². The summed E-state index contributed by atoms with van der Waals surface area (Å²) in [6.07, 6.45) is 5.70. The van der Waals surface area contributed by atoms with E-state index in [2.05, 4.69) is 101 Å². The van der Waals surface area contributed by atoms with Crippen molar-refractivity contribution >= 4 is 49.6 Å². The van der Waals surface area contributed by atoms with Gasteiger partial charge in [-0.15, -0.1) is 0 Å². The molecule has 1 heterocycles. The molecule has 42 heavy (non-hydrogen) atoms. The van der Waals surface area contributed by atoms with E-state index in [4.69, 9.17) is 0 Å². The van der Waals surface area contributed by atoms with E-state index in [1.165, 1.54) is 63.3 Å². The number of piperazine rings is 1. The summed E-state index contributed by atoms with van der Waals surface area (Å²) in [5.41, 5.74) is 6.53. The number of nitrogens with one attached hydrogen (secondary N) is 1. The van der Waals surface area contributed by atoms with E-state index in [-0.39, 0.29) is 5.91 Å². The molecule has 214 valence electrons. The van der Waals surface area contributed by atoms with E-state index in [0.29, 0.717) is 5.92 Å². The van der Waals surface area contributed by atoms with Crippen LogP contribution in [0, 0.1) is 0 Å². The second kappa shape index (κ2) is 11.4. The third-order valence-electron chi connectivity index (χ3n) is 9.69. The van der Waals surface area contributed by atoms with Crippen LogP contribution in [0.1, 0.15) is 55.7 Å². The molecule has 5 aromatic carbocycles. The van der Waals surface area contributed by atoms with Gasteiger partial charge in [0, 0.05) is 44.2 Å². The number of benzene rings is 5. The molecule has 7 rings (SSSR count). The summed E-state index contributed by atoms with van der Waals surface area (Å²) in [6.45, 7) is 9.66. The van der Waals surface area contributed by atoms with Crippen molar-refractivity contribution in [3.8, 4) is 0 Å². The summed E-state index contributed by atoms with van der Waals surface area (Å²) in [5, 5.41) is 10.9. The highest BCUT2D eigenvalue weighted by molar-refractivity contribution is 6.09. The molecule has 4 heteroatoms. The van der Waals surface area contributed by atoms with Gasteiger partial charge in [-0.3, -0.25) is 9.69 Å². The minimum atomic E-state index is -0.0147. The first-order valence-electron chi connectivity index (χ1n) is 15.8. The topological polar surface area (TPSA) is 35.6 Å². The van der Waals surface area contributed by atoms with Crippen LogP contribution in [0.15, 0.2) is 78.9 Å². The molecule has 0 bridgehead atoms. The minimum absolute atomic E-state index is 0.0147. The fourth-order valence-electron chi connectivity index (χ4n) is 7.43. The molecular formula is C38H41N3O. The van der Waals surface area contributed by atoms with Crippen LogP contribution in [0.5, 0.6) is 0 Å². The number of rotatable bonds is 6. The average Bonchev–Trinajstić information content (AvgIpc) is 3.03. The highest BCUT2D eigenvalue weighted by Gasteiger charge is 2.25. The summed E-state index contributed by atoms with van der Waals surface area (Å²) in [5.74, 6) is 0.367. The molecule has 1 fully saturated rings. The number of hydrogen-bond donors (Lipinski definition) is 1. The first-order chi connectivity index (χ1) is 20.6. The minimum Gasteiger partial charge on any atom is -0.369 e. The van der Waals surface area contributed by atoms with Gasteiger partial charge in [-0.05, 0) is 93.9 Å². The molecule has 0 saturated carbocycles. The number of anilines is 2. The first-order valence-corrected chi connectivity index (χ1v) is 15.8. The number of fused-ring (bicyclic) bond motifs is 6. The molecule has 1 aliphatic carbocycles. The number of nitrogens with zero attached hydrogens (tertiary/aromatic N) is 2. The fraction of sp³-hybridized carbons (Fsp3) is 0.342. The molecule has 4 nitrogen and oxygen atoms in total. The number of amides is 1. The van der Waals surface area contributed by atoms with Gasteiger partial charge in [0.1, 0.15) is 0 Å². The first kappa shape index (κ1) is 27.0. The third-order valence-corrected chi connectivity index (χ3v) is 9.69. The van der Waals surface area contributed by atoms with Crippen LogP contribution in [0.3, 0.4) is 0 Å². The van der Waals surface area contributed by atoms with Crippen molar-refractivity contribution in [1.29, 1.82) is 0 Å². The molecule has 1 amide bonds. The zero-order valence-electron chi connectivity index (χ0n) is 25.0. The molecule has 1 atom stereocenters. The van der Waals surface area contributed by atoms with Gasteiger partial charge in [-0.1, -0.05) is 80.1 Å². The van der Waals surface area contributed by atoms with E-state index < -0.39 is 0 Å². The van der Waals surface area contributed by atoms with Crippen LogP contribution in [-0.4, -0.2) is 43.5 Å². The third kappa shape index (κ3) is 5.03. The van der Waals surface area contributed by atoms with E-state index in [9.17, 15) is 4.79 Å². The Morgan fingerprint density at radius 3 is 2.45 bits per heavy atom. The quantitative estimate of drug-likeness (QED) is 0.214. The number of aryl methyl sites for hydroxylation is 1. The number of unbranched alkanes of at least 4 members (excludes halogenated alkanes) is 1. The monoisotopic (exact) mass is 555 g/mol. The standard InChI is InChI=1S/C38H41N3O/c1-3-4-19-40-20-22-41(23-21-40)31-13-18-33-30(25-31)12-17-36-32-14-10-29(24-28(32)11-16-37(33)36)35-15-9-27-7-5-6-8-34(27)38(35)39-26(2)42/h5-9,11-13,15-18,25,29H,3-4,10,14,19-24H2,1-2H3,(H,39,42). The van der Waals surface area contributed by atoms with Crippen LogP contribution in [0.4, 0.5) is 11.4 Å². The zero-order valence-corrected chi connectivity index (χ0v) is 25.0. The van der Waals surface area contributed by atoms with Gasteiger partial charge in [0.05, 0.1) is 5.69 Å². The van der Waals surface area contributed by atoms with Crippen molar-refractivity contribution in [3.05, 3.63) is 95.6 Å². The van der Waals surface area contributed by atoms with Crippen LogP contribution < -0.4 is 10.2 Å². The predicted molar refractivity (Wildman–Crippen MR) is 178 cm³/mol. The Hall–Kier alpha value is -3.89. The predicted octanol–water partition coefficient (Wildman–Crippen LogP) is 8.30. The zero-order chi connectivity index (χ0) is 28.6. The lowest BCUT2D eigenvalue weighted by molar-refractivity contribution is -0.114. The highest BCUT2D eigenvalue weighted by atomic mass is 16.1. The van der Waals surface area contributed by atoms with Crippen LogP contribution in [0.2, 0.25) is 0 Å². The Balaban J connectivity index is 1.17. The summed E-state index contributed by atoms with van der Waals surface area (Å²) >= 11 is 0. The molecule has 5 aromatic rings. The van der Waals surface area contributed by atoms with Gasteiger partial charge < -0.3 is 10.2 Å². The molecule has 0 aromatic heterocycles. The SMILES string of the molecule is CCCCN1CCN(c2ccc3c(ccc4c5c(ccc43)CC(c3ccc4ccccc4c3NC(C)=O)CC5)c2)CC1. The molecule has 0 radical (unpaired) electrons. The van der Waals surface area contributed by atoms with E-state index in [0.717, 1.165) is 61.9 Å². The van der Waals surface area contributed by atoms with E-state index >= 15 is 0 Å². The fourth-order valence-corrected chi connectivity index (χ4v) is 7.43. The normalized spacial score (nSPS) is 17.6. The van der Waals surface area contributed by atoms with Gasteiger partial charge in [0.15, 0.2) is 0 Å². The molecule has 1 saturated heterocycles. The van der Waals surface area contributed by atoms with Crippen molar-refractivity contribution in [2.45, 2.75) is 51.9 Å². The van der Waals surface area contributed by atoms with Gasteiger partial charge in [0.2, 0.25) is 5.91 Å². The van der Waals surface area contributed by atoms with Gasteiger partial charge in [-0.2, -0.15) is 0 Å². The van der Waals surface area contributed by atoms with Gasteiger partial charge >= 0.3 is 0 Å². The summed E-state index contributed by atoms with van der Waals surface area (Å²) in [6, 6.07) is 29.3. The second-order valence-electron chi connectivity index (χ2n) is 12.3. The van der Waals surface area contributed by atoms with Crippen molar-refractivity contribution in [2.24, 2.45) is 0 Å². The summed E-state index contributed by atoms with van der Waals surface area (Å²) in [4.78, 5) is 17.4. The maximum atomic E-state index is 12.2. The van der Waals surface area contributed by atoms with Gasteiger partial charge in [-0.25, -0.2) is 0 Å². The Kier molecular flexibility index (Phi) is 7.33. The van der Waals surface area contributed by atoms with Gasteiger partial charge in [0.25, 0.3) is 0 Å². The lowest BCUT2D eigenvalue weighted by atomic mass is 9.77. The maximum Gasteiger partial charge on any atom is 0.221 e. The smallest absolute Gasteiger partial charge is 0.221 e. The molecule has 1 unspecified atom stereocenters. The van der Waals surface area contributed by atoms with E-state index in [1.54, 1.807) is 6.92 Å².